The molecule has 0 spiro atoms. The van der Waals surface area contributed by atoms with Crippen LogP contribution in [0.3, 0.4) is 0 Å². The SMILES string of the molecule is C=CCCCCCC(NCCC)c1cncc(Br)c1. The van der Waals surface area contributed by atoms with E-state index in [-0.39, 0.29) is 0 Å². The van der Waals surface area contributed by atoms with E-state index in [0.29, 0.717) is 6.04 Å². The van der Waals surface area contributed by atoms with Gasteiger partial charge in [-0.3, -0.25) is 4.98 Å². The molecule has 0 saturated carbocycles. The second-order valence-corrected chi connectivity index (χ2v) is 5.79. The van der Waals surface area contributed by atoms with Crippen LogP contribution in [0.1, 0.15) is 57.1 Å². The highest BCUT2D eigenvalue weighted by atomic mass is 79.9. The van der Waals surface area contributed by atoms with E-state index in [1.807, 2.05) is 18.5 Å². The molecule has 0 radical (unpaired) electrons. The van der Waals surface area contributed by atoms with E-state index in [0.717, 1.165) is 23.9 Å². The number of rotatable bonds is 10. The summed E-state index contributed by atoms with van der Waals surface area (Å²) in [7, 11) is 0. The van der Waals surface area contributed by atoms with Crippen LogP contribution in [0.4, 0.5) is 0 Å². The summed E-state index contributed by atoms with van der Waals surface area (Å²) in [6.07, 6.45) is 13.1. The van der Waals surface area contributed by atoms with E-state index in [4.69, 9.17) is 0 Å². The molecule has 0 aliphatic heterocycles. The second-order valence-electron chi connectivity index (χ2n) is 4.87. The molecule has 1 aromatic rings. The quantitative estimate of drug-likeness (QED) is 0.482. The first-order chi connectivity index (χ1) is 9.27. The fraction of sp³-hybridized carbons (Fsp3) is 0.562. The van der Waals surface area contributed by atoms with Gasteiger partial charge < -0.3 is 5.32 Å². The number of nitrogens with one attached hydrogen (secondary N) is 1. The van der Waals surface area contributed by atoms with Gasteiger partial charge in [-0.15, -0.1) is 6.58 Å². The molecule has 0 aliphatic carbocycles. The minimum absolute atomic E-state index is 0.425. The fourth-order valence-electron chi connectivity index (χ4n) is 2.14. The minimum Gasteiger partial charge on any atom is -0.310 e. The van der Waals surface area contributed by atoms with Gasteiger partial charge >= 0.3 is 0 Å². The van der Waals surface area contributed by atoms with Crippen LogP contribution in [-0.4, -0.2) is 11.5 Å². The number of pyridine rings is 1. The van der Waals surface area contributed by atoms with E-state index in [9.17, 15) is 0 Å². The molecular formula is C16H25BrN2. The smallest absolute Gasteiger partial charge is 0.0410 e. The van der Waals surface area contributed by atoms with Gasteiger partial charge in [0.2, 0.25) is 0 Å². The molecule has 1 atom stereocenters. The Labute approximate surface area is 125 Å². The highest BCUT2D eigenvalue weighted by molar-refractivity contribution is 9.10. The topological polar surface area (TPSA) is 24.9 Å². The van der Waals surface area contributed by atoms with Crippen molar-refractivity contribution in [3.63, 3.8) is 0 Å². The Kier molecular flexibility index (Phi) is 8.76. The average molecular weight is 325 g/mol. The lowest BCUT2D eigenvalue weighted by Crippen LogP contribution is -2.22. The van der Waals surface area contributed by atoms with E-state index >= 15 is 0 Å². The molecular weight excluding hydrogens is 300 g/mol. The first-order valence-corrected chi connectivity index (χ1v) is 8.02. The van der Waals surface area contributed by atoms with E-state index in [1.165, 1.54) is 31.2 Å². The highest BCUT2D eigenvalue weighted by Crippen LogP contribution is 2.22. The maximum Gasteiger partial charge on any atom is 0.0410 e. The number of hydrogen-bond acceptors (Lipinski definition) is 2. The zero-order valence-electron chi connectivity index (χ0n) is 11.9. The van der Waals surface area contributed by atoms with Crippen molar-refractivity contribution in [2.45, 2.75) is 51.5 Å². The Balaban J connectivity index is 2.49. The highest BCUT2D eigenvalue weighted by Gasteiger charge is 2.10. The second kappa shape index (κ2) is 10.2. The number of nitrogens with zero attached hydrogens (tertiary/aromatic N) is 1. The Morgan fingerprint density at radius 1 is 1.37 bits per heavy atom. The maximum atomic E-state index is 4.27. The van der Waals surface area contributed by atoms with Gasteiger partial charge in [0, 0.05) is 22.9 Å². The van der Waals surface area contributed by atoms with Crippen molar-refractivity contribution >= 4 is 15.9 Å². The van der Waals surface area contributed by atoms with Crippen LogP contribution in [0, 0.1) is 0 Å². The first kappa shape index (κ1) is 16.4. The lowest BCUT2D eigenvalue weighted by molar-refractivity contribution is 0.471. The van der Waals surface area contributed by atoms with Gasteiger partial charge in [0.05, 0.1) is 0 Å². The monoisotopic (exact) mass is 324 g/mol. The van der Waals surface area contributed by atoms with Crippen molar-refractivity contribution in [2.24, 2.45) is 0 Å². The summed E-state index contributed by atoms with van der Waals surface area (Å²) >= 11 is 3.50. The standard InChI is InChI=1S/C16H25BrN2/c1-3-5-6-7-8-9-16(19-10-4-2)14-11-15(17)13-18-12-14/h3,11-13,16,19H,1,4-10H2,2H3. The van der Waals surface area contributed by atoms with E-state index in [2.05, 4.69) is 45.8 Å². The first-order valence-electron chi connectivity index (χ1n) is 7.22. The molecule has 3 heteroatoms. The molecule has 0 aromatic carbocycles. The third kappa shape index (κ3) is 6.88. The van der Waals surface area contributed by atoms with Crippen LogP contribution in [0.2, 0.25) is 0 Å². The summed E-state index contributed by atoms with van der Waals surface area (Å²) in [6, 6.07) is 2.60. The molecule has 1 aromatic heterocycles. The number of allylic oxidation sites excluding steroid dienone is 1. The van der Waals surface area contributed by atoms with Crippen molar-refractivity contribution in [3.05, 3.63) is 41.2 Å². The van der Waals surface area contributed by atoms with Crippen LogP contribution >= 0.6 is 15.9 Å². The molecule has 19 heavy (non-hydrogen) atoms. The van der Waals surface area contributed by atoms with E-state index in [1.54, 1.807) is 0 Å². The molecule has 2 nitrogen and oxygen atoms in total. The predicted octanol–water partition coefficient (Wildman–Crippen LogP) is 5.02. The van der Waals surface area contributed by atoms with Crippen LogP contribution in [-0.2, 0) is 0 Å². The molecule has 106 valence electrons. The molecule has 1 rings (SSSR count). The van der Waals surface area contributed by atoms with Crippen molar-refractivity contribution in [1.29, 1.82) is 0 Å². The van der Waals surface area contributed by atoms with Gasteiger partial charge in [-0.05, 0) is 59.8 Å². The lowest BCUT2D eigenvalue weighted by atomic mass is 10.0. The van der Waals surface area contributed by atoms with Crippen LogP contribution in [0.5, 0.6) is 0 Å². The summed E-state index contributed by atoms with van der Waals surface area (Å²) in [5.41, 5.74) is 1.28. The Morgan fingerprint density at radius 2 is 2.21 bits per heavy atom. The largest absolute Gasteiger partial charge is 0.310 e. The van der Waals surface area contributed by atoms with Gasteiger partial charge in [-0.1, -0.05) is 25.8 Å². The molecule has 0 amide bonds. The van der Waals surface area contributed by atoms with Gasteiger partial charge in [0.15, 0.2) is 0 Å². The number of halogens is 1. The lowest BCUT2D eigenvalue weighted by Gasteiger charge is -2.19. The molecule has 0 saturated heterocycles. The Bertz CT molecular complexity index is 366. The molecule has 0 fully saturated rings. The molecule has 1 heterocycles. The normalized spacial score (nSPS) is 12.3. The van der Waals surface area contributed by atoms with Crippen LogP contribution in [0.15, 0.2) is 35.6 Å². The van der Waals surface area contributed by atoms with Gasteiger partial charge in [0.25, 0.3) is 0 Å². The molecule has 1 unspecified atom stereocenters. The summed E-state index contributed by atoms with van der Waals surface area (Å²) in [5.74, 6) is 0. The summed E-state index contributed by atoms with van der Waals surface area (Å²) < 4.78 is 1.06. The number of aromatic nitrogens is 1. The Morgan fingerprint density at radius 3 is 2.89 bits per heavy atom. The van der Waals surface area contributed by atoms with Crippen LogP contribution < -0.4 is 5.32 Å². The molecule has 1 N–H and O–H groups in total. The zero-order valence-corrected chi connectivity index (χ0v) is 13.5. The van der Waals surface area contributed by atoms with E-state index < -0.39 is 0 Å². The van der Waals surface area contributed by atoms with Crippen LogP contribution in [0.25, 0.3) is 0 Å². The zero-order chi connectivity index (χ0) is 13.9. The van der Waals surface area contributed by atoms with Crippen molar-refractivity contribution in [3.8, 4) is 0 Å². The molecule has 0 bridgehead atoms. The molecule has 0 aliphatic rings. The minimum atomic E-state index is 0.425. The Hall–Kier alpha value is -0.670. The average Bonchev–Trinajstić information content (AvgIpc) is 2.42. The predicted molar refractivity (Wildman–Crippen MR) is 86.3 cm³/mol. The summed E-state index contributed by atoms with van der Waals surface area (Å²) in [6.45, 7) is 7.03. The summed E-state index contributed by atoms with van der Waals surface area (Å²) in [5, 5.41) is 3.62. The number of unbranched alkanes of at least 4 members (excludes halogenated alkanes) is 3. The van der Waals surface area contributed by atoms with Gasteiger partial charge in [-0.2, -0.15) is 0 Å². The fourth-order valence-corrected chi connectivity index (χ4v) is 2.52. The van der Waals surface area contributed by atoms with Crippen molar-refractivity contribution in [2.75, 3.05) is 6.54 Å². The van der Waals surface area contributed by atoms with Gasteiger partial charge in [-0.25, -0.2) is 0 Å². The van der Waals surface area contributed by atoms with Crippen molar-refractivity contribution in [1.82, 2.24) is 10.3 Å². The van der Waals surface area contributed by atoms with Crippen molar-refractivity contribution < 1.29 is 0 Å². The third-order valence-corrected chi connectivity index (χ3v) is 3.60. The van der Waals surface area contributed by atoms with Gasteiger partial charge in [0.1, 0.15) is 0 Å². The maximum absolute atomic E-state index is 4.27. The summed E-state index contributed by atoms with van der Waals surface area (Å²) in [4.78, 5) is 4.27. The number of hydrogen-bond donors (Lipinski definition) is 1. The third-order valence-electron chi connectivity index (χ3n) is 3.17.